The second-order valence-corrected chi connectivity index (χ2v) is 8.05. The molecule has 1 aliphatic rings. The Morgan fingerprint density at radius 1 is 0.968 bits per heavy atom. The van der Waals surface area contributed by atoms with E-state index in [4.69, 9.17) is 0 Å². The molecular formula is C24H31FN4O2. The van der Waals surface area contributed by atoms with Crippen molar-refractivity contribution in [1.29, 1.82) is 0 Å². The summed E-state index contributed by atoms with van der Waals surface area (Å²) in [7, 11) is 0. The summed E-state index contributed by atoms with van der Waals surface area (Å²) in [6.45, 7) is 7.59. The summed E-state index contributed by atoms with van der Waals surface area (Å²) in [5, 5.41) is 5.86. The standard InChI is InChI=1S/C24H31FN4O2/c1-3-22(19-9-7-18(2)8-10-19)27-24(31)17-29-13-11-28(12-14-29)16-23(30)26-21-6-4-5-20(25)15-21/h4-10,15,22H,3,11-14,16-17H2,1-2H3,(H,26,30)(H,27,31)/t22-/m0/s1. The Hall–Kier alpha value is -2.77. The molecular weight excluding hydrogens is 395 g/mol. The molecule has 0 saturated carbocycles. The number of piperazine rings is 1. The molecule has 1 aliphatic heterocycles. The average Bonchev–Trinajstić information content (AvgIpc) is 2.74. The average molecular weight is 427 g/mol. The van der Waals surface area contributed by atoms with Crippen LogP contribution < -0.4 is 10.6 Å². The summed E-state index contributed by atoms with van der Waals surface area (Å²) in [6.07, 6.45) is 0.836. The highest BCUT2D eigenvalue weighted by molar-refractivity contribution is 5.92. The fourth-order valence-corrected chi connectivity index (χ4v) is 3.74. The van der Waals surface area contributed by atoms with Gasteiger partial charge in [0.25, 0.3) is 0 Å². The van der Waals surface area contributed by atoms with Crippen molar-refractivity contribution >= 4 is 17.5 Å². The van der Waals surface area contributed by atoms with Gasteiger partial charge in [-0.1, -0.05) is 42.8 Å². The maximum Gasteiger partial charge on any atom is 0.238 e. The third-order valence-corrected chi connectivity index (χ3v) is 5.53. The molecule has 1 atom stereocenters. The summed E-state index contributed by atoms with van der Waals surface area (Å²) < 4.78 is 13.2. The van der Waals surface area contributed by atoms with Gasteiger partial charge in [-0.3, -0.25) is 19.4 Å². The van der Waals surface area contributed by atoms with Gasteiger partial charge >= 0.3 is 0 Å². The molecule has 2 N–H and O–H groups in total. The van der Waals surface area contributed by atoms with Crippen LogP contribution in [0.1, 0.15) is 30.5 Å². The first-order valence-electron chi connectivity index (χ1n) is 10.8. The van der Waals surface area contributed by atoms with Crippen molar-refractivity contribution in [3.05, 3.63) is 65.5 Å². The number of rotatable bonds is 8. The van der Waals surface area contributed by atoms with Crippen molar-refractivity contribution in [2.24, 2.45) is 0 Å². The van der Waals surface area contributed by atoms with Crippen LogP contribution >= 0.6 is 0 Å². The predicted octanol–water partition coefficient (Wildman–Crippen LogP) is 2.96. The van der Waals surface area contributed by atoms with Gasteiger partial charge in [0.1, 0.15) is 5.82 Å². The number of aryl methyl sites for hydroxylation is 1. The van der Waals surface area contributed by atoms with E-state index in [0.717, 1.165) is 25.1 Å². The number of amides is 2. The van der Waals surface area contributed by atoms with Gasteiger partial charge in [0, 0.05) is 31.9 Å². The maximum atomic E-state index is 13.2. The molecule has 0 aromatic heterocycles. The molecule has 1 saturated heterocycles. The SMILES string of the molecule is CC[C@H](NC(=O)CN1CCN(CC(=O)Nc2cccc(F)c2)CC1)c1ccc(C)cc1. The Labute approximate surface area is 183 Å². The molecule has 0 unspecified atom stereocenters. The van der Waals surface area contributed by atoms with Crippen molar-refractivity contribution < 1.29 is 14.0 Å². The normalized spacial score (nSPS) is 16.0. The monoisotopic (exact) mass is 426 g/mol. The van der Waals surface area contributed by atoms with Gasteiger partial charge in [0.05, 0.1) is 19.1 Å². The lowest BCUT2D eigenvalue weighted by atomic mass is 10.0. The lowest BCUT2D eigenvalue weighted by Crippen LogP contribution is -2.51. The van der Waals surface area contributed by atoms with Crippen LogP contribution in [-0.4, -0.2) is 60.9 Å². The van der Waals surface area contributed by atoms with Gasteiger partial charge in [-0.25, -0.2) is 4.39 Å². The number of benzene rings is 2. The summed E-state index contributed by atoms with van der Waals surface area (Å²) in [5.74, 6) is -0.525. The summed E-state index contributed by atoms with van der Waals surface area (Å²) in [4.78, 5) is 28.9. The molecule has 2 aromatic carbocycles. The van der Waals surface area contributed by atoms with E-state index in [2.05, 4.69) is 46.7 Å². The van der Waals surface area contributed by atoms with Gasteiger partial charge in [-0.15, -0.1) is 0 Å². The number of halogens is 1. The number of carbonyl (C=O) groups excluding carboxylic acids is 2. The zero-order valence-corrected chi connectivity index (χ0v) is 18.2. The minimum Gasteiger partial charge on any atom is -0.348 e. The van der Waals surface area contributed by atoms with Crippen LogP contribution in [0.5, 0.6) is 0 Å². The van der Waals surface area contributed by atoms with Gasteiger partial charge in [0.15, 0.2) is 0 Å². The molecule has 1 fully saturated rings. The van der Waals surface area contributed by atoms with Crippen molar-refractivity contribution in [1.82, 2.24) is 15.1 Å². The van der Waals surface area contributed by atoms with Crippen LogP contribution in [0.3, 0.4) is 0 Å². The molecule has 0 bridgehead atoms. The fraction of sp³-hybridized carbons (Fsp3) is 0.417. The molecule has 0 radical (unpaired) electrons. The first-order chi connectivity index (χ1) is 14.9. The molecule has 31 heavy (non-hydrogen) atoms. The second kappa shape index (κ2) is 11.0. The highest BCUT2D eigenvalue weighted by atomic mass is 19.1. The third-order valence-electron chi connectivity index (χ3n) is 5.53. The minimum absolute atomic E-state index is 0.0147. The van der Waals surface area contributed by atoms with Crippen LogP contribution in [0.4, 0.5) is 10.1 Å². The number of carbonyl (C=O) groups is 2. The van der Waals surface area contributed by atoms with Crippen molar-refractivity contribution in [3.8, 4) is 0 Å². The number of anilines is 1. The molecule has 2 amide bonds. The van der Waals surface area contributed by atoms with E-state index in [1.807, 2.05) is 11.8 Å². The van der Waals surface area contributed by atoms with Gasteiger partial charge < -0.3 is 10.6 Å². The first-order valence-corrected chi connectivity index (χ1v) is 10.8. The highest BCUT2D eigenvalue weighted by Crippen LogP contribution is 2.17. The Morgan fingerprint density at radius 3 is 2.16 bits per heavy atom. The zero-order valence-electron chi connectivity index (χ0n) is 18.2. The van der Waals surface area contributed by atoms with Crippen molar-refractivity contribution in [2.75, 3.05) is 44.6 Å². The molecule has 1 heterocycles. The van der Waals surface area contributed by atoms with Crippen molar-refractivity contribution in [3.63, 3.8) is 0 Å². The largest absolute Gasteiger partial charge is 0.348 e. The van der Waals surface area contributed by atoms with Crippen LogP contribution in [0, 0.1) is 12.7 Å². The van der Waals surface area contributed by atoms with Gasteiger partial charge in [0.2, 0.25) is 11.8 Å². The molecule has 3 rings (SSSR count). The Balaban J connectivity index is 1.40. The second-order valence-electron chi connectivity index (χ2n) is 8.05. The summed E-state index contributed by atoms with van der Waals surface area (Å²) in [5.41, 5.74) is 2.78. The maximum absolute atomic E-state index is 13.2. The van der Waals surface area contributed by atoms with Crippen molar-refractivity contribution in [2.45, 2.75) is 26.3 Å². The summed E-state index contributed by atoms with van der Waals surface area (Å²) in [6, 6.07) is 14.1. The van der Waals surface area contributed by atoms with Crippen LogP contribution in [0.2, 0.25) is 0 Å². The van der Waals surface area contributed by atoms with E-state index in [0.29, 0.717) is 25.3 Å². The number of nitrogens with one attached hydrogen (secondary N) is 2. The molecule has 0 aliphatic carbocycles. The lowest BCUT2D eigenvalue weighted by Gasteiger charge is -2.34. The van der Waals surface area contributed by atoms with E-state index in [1.165, 1.54) is 17.7 Å². The Kier molecular flexibility index (Phi) is 8.14. The van der Waals surface area contributed by atoms with E-state index in [9.17, 15) is 14.0 Å². The molecule has 6 nitrogen and oxygen atoms in total. The van der Waals surface area contributed by atoms with Crippen LogP contribution in [0.15, 0.2) is 48.5 Å². The number of hydrogen-bond acceptors (Lipinski definition) is 4. The number of hydrogen-bond donors (Lipinski definition) is 2. The quantitative estimate of drug-likeness (QED) is 0.681. The fourth-order valence-electron chi connectivity index (χ4n) is 3.74. The molecule has 0 spiro atoms. The topological polar surface area (TPSA) is 64.7 Å². The van der Waals surface area contributed by atoms with E-state index in [-0.39, 0.29) is 30.2 Å². The predicted molar refractivity (Wildman–Crippen MR) is 120 cm³/mol. The Bertz CT molecular complexity index is 879. The van der Waals surface area contributed by atoms with Crippen LogP contribution in [-0.2, 0) is 9.59 Å². The van der Waals surface area contributed by atoms with E-state index < -0.39 is 0 Å². The van der Waals surface area contributed by atoms with E-state index in [1.54, 1.807) is 12.1 Å². The minimum atomic E-state index is -0.377. The first kappa shape index (κ1) is 22.9. The smallest absolute Gasteiger partial charge is 0.238 e. The number of nitrogens with zero attached hydrogens (tertiary/aromatic N) is 2. The molecule has 2 aromatic rings. The Morgan fingerprint density at radius 2 is 1.58 bits per heavy atom. The highest BCUT2D eigenvalue weighted by Gasteiger charge is 2.22. The summed E-state index contributed by atoms with van der Waals surface area (Å²) >= 11 is 0. The van der Waals surface area contributed by atoms with E-state index >= 15 is 0 Å². The molecule has 166 valence electrons. The van der Waals surface area contributed by atoms with Crippen LogP contribution in [0.25, 0.3) is 0 Å². The van der Waals surface area contributed by atoms with Gasteiger partial charge in [-0.05, 0) is 37.1 Å². The lowest BCUT2D eigenvalue weighted by molar-refractivity contribution is -0.124. The van der Waals surface area contributed by atoms with Gasteiger partial charge in [-0.2, -0.15) is 0 Å². The third kappa shape index (κ3) is 7.15. The molecule has 7 heteroatoms. The zero-order chi connectivity index (χ0) is 22.2.